The van der Waals surface area contributed by atoms with Crippen molar-refractivity contribution in [1.29, 1.82) is 0 Å². The molecule has 2 aromatic carbocycles. The minimum absolute atomic E-state index is 0.0132. The number of methoxy groups -OCH3 is 1. The summed E-state index contributed by atoms with van der Waals surface area (Å²) in [6, 6.07) is 11.7. The van der Waals surface area contributed by atoms with Crippen LogP contribution in [0.15, 0.2) is 41.4 Å². The van der Waals surface area contributed by atoms with Gasteiger partial charge in [0.25, 0.3) is 0 Å². The van der Waals surface area contributed by atoms with Gasteiger partial charge >= 0.3 is 42.6 Å². The van der Waals surface area contributed by atoms with Crippen molar-refractivity contribution in [2.75, 3.05) is 7.11 Å². The van der Waals surface area contributed by atoms with E-state index in [0.29, 0.717) is 11.5 Å². The van der Waals surface area contributed by atoms with Crippen LogP contribution in [0.25, 0.3) is 0 Å². The standard InChI is InChI=1S/C22H29NO2.3ClH.Ti/c1-21(2,3)16-12-15(20(24)17(13-16)22(4,5)6)14-23-18-10-8-9-11-19(18)25-7;;;;/h8-14,24H,1-7H3;3*1H;/q;;;;+3/p-3. The fourth-order valence-corrected chi connectivity index (χ4v) is 2.64. The third-order valence-electron chi connectivity index (χ3n) is 4.24. The molecular formula is C22H29Cl3NO2Ti. The van der Waals surface area contributed by atoms with Crippen LogP contribution in [0, 0.1) is 0 Å². The maximum atomic E-state index is 10.8. The zero-order valence-corrected chi connectivity index (χ0v) is 21.8. The first-order valence-electron chi connectivity index (χ1n) is 9.16. The topological polar surface area (TPSA) is 41.8 Å². The van der Waals surface area contributed by atoms with Crippen LogP contribution < -0.4 is 4.74 Å². The van der Waals surface area contributed by atoms with E-state index < -0.39 is 14.7 Å². The van der Waals surface area contributed by atoms with Gasteiger partial charge in [-0.25, -0.2) is 0 Å². The summed E-state index contributed by atoms with van der Waals surface area (Å²) in [4.78, 5) is 4.54. The summed E-state index contributed by atoms with van der Waals surface area (Å²) < 4.78 is 5.34. The fourth-order valence-electron chi connectivity index (χ4n) is 2.64. The number of nitrogens with zero attached hydrogens (tertiary/aromatic N) is 1. The number of rotatable bonds is 3. The van der Waals surface area contributed by atoms with Crippen molar-refractivity contribution in [2.45, 2.75) is 52.4 Å². The van der Waals surface area contributed by atoms with Gasteiger partial charge in [0.2, 0.25) is 0 Å². The van der Waals surface area contributed by atoms with Crippen LogP contribution >= 0.6 is 27.9 Å². The van der Waals surface area contributed by atoms with Crippen LogP contribution in [0.2, 0.25) is 0 Å². The van der Waals surface area contributed by atoms with Crippen molar-refractivity contribution in [1.82, 2.24) is 0 Å². The van der Waals surface area contributed by atoms with Gasteiger partial charge in [0, 0.05) is 17.3 Å². The molecule has 1 N–H and O–H groups in total. The van der Waals surface area contributed by atoms with E-state index in [9.17, 15) is 5.11 Å². The molecule has 0 atom stereocenters. The first-order valence-corrected chi connectivity index (χ1v) is 15.6. The van der Waals surface area contributed by atoms with Crippen LogP contribution in [0.5, 0.6) is 11.5 Å². The van der Waals surface area contributed by atoms with Crippen LogP contribution in [-0.4, -0.2) is 18.4 Å². The summed E-state index contributed by atoms with van der Waals surface area (Å²) in [5.41, 5.74) is 3.41. The third kappa shape index (κ3) is 8.51. The van der Waals surface area contributed by atoms with E-state index in [-0.39, 0.29) is 10.8 Å². The molecule has 0 aliphatic heterocycles. The Kier molecular flexibility index (Phi) is 10.0. The Morgan fingerprint density at radius 3 is 2.00 bits per heavy atom. The molecule has 7 heteroatoms. The van der Waals surface area contributed by atoms with Crippen molar-refractivity contribution in [3.8, 4) is 11.5 Å². The van der Waals surface area contributed by atoms with Crippen molar-refractivity contribution >= 4 is 39.8 Å². The molecule has 0 radical (unpaired) electrons. The van der Waals surface area contributed by atoms with Gasteiger partial charge in [0.05, 0.1) is 7.11 Å². The normalized spacial score (nSPS) is 11.8. The average Bonchev–Trinajstić information content (AvgIpc) is 2.58. The van der Waals surface area contributed by atoms with E-state index in [1.54, 1.807) is 13.3 Å². The molecule has 159 valence electrons. The SMILES string of the molecule is COc1ccccc1N=Cc1cc(C(C)(C)C)cc(C(C)(C)C)c1O.[Cl][Ti]([Cl])[Cl]. The maximum absolute atomic E-state index is 10.8. The first kappa shape index (κ1) is 26.3. The van der Waals surface area contributed by atoms with Gasteiger partial charge in [-0.3, -0.25) is 4.99 Å². The Bertz CT molecular complexity index is 838. The number of benzene rings is 2. The number of ether oxygens (including phenoxy) is 1. The number of phenols is 1. The van der Waals surface area contributed by atoms with E-state index in [1.807, 2.05) is 30.3 Å². The second-order valence-corrected chi connectivity index (χ2v) is 16.3. The Hall–Kier alpha value is -0.706. The van der Waals surface area contributed by atoms with Crippen LogP contribution in [0.3, 0.4) is 0 Å². The van der Waals surface area contributed by atoms with Gasteiger partial charge < -0.3 is 9.84 Å². The second kappa shape index (κ2) is 11.1. The predicted octanol–water partition coefficient (Wildman–Crippen LogP) is 7.81. The number of halogens is 3. The number of hydrogen-bond donors (Lipinski definition) is 1. The molecule has 3 nitrogen and oxygen atoms in total. The molecule has 2 aromatic rings. The van der Waals surface area contributed by atoms with E-state index in [0.717, 1.165) is 16.8 Å². The van der Waals surface area contributed by atoms with Crippen molar-refractivity contribution in [2.24, 2.45) is 4.99 Å². The zero-order chi connectivity index (χ0) is 22.4. The van der Waals surface area contributed by atoms with Crippen LogP contribution in [0.4, 0.5) is 5.69 Å². The van der Waals surface area contributed by atoms with E-state index in [2.05, 4.69) is 52.6 Å². The van der Waals surface area contributed by atoms with Crippen LogP contribution in [0.1, 0.15) is 58.2 Å². The third-order valence-corrected chi connectivity index (χ3v) is 4.24. The zero-order valence-electron chi connectivity index (χ0n) is 18.0. The van der Waals surface area contributed by atoms with Gasteiger partial charge in [0.15, 0.2) is 0 Å². The molecule has 29 heavy (non-hydrogen) atoms. The average molecular weight is 494 g/mol. The summed E-state index contributed by atoms with van der Waals surface area (Å²) in [6.45, 7) is 12.8. The van der Waals surface area contributed by atoms with Gasteiger partial charge in [-0.2, -0.15) is 0 Å². The number of aliphatic imine (C=N–C) groups is 1. The molecule has 0 spiro atoms. The summed E-state index contributed by atoms with van der Waals surface area (Å²) in [5, 5.41) is 10.8. The Morgan fingerprint density at radius 2 is 1.52 bits per heavy atom. The molecule has 0 saturated carbocycles. The van der Waals surface area contributed by atoms with Gasteiger partial charge in [-0.1, -0.05) is 59.7 Å². The molecule has 0 fully saturated rings. The Morgan fingerprint density at radius 1 is 0.966 bits per heavy atom. The Balaban J connectivity index is 0.000000960. The summed E-state index contributed by atoms with van der Waals surface area (Å²) in [7, 11) is 16.5. The quantitative estimate of drug-likeness (QED) is 0.350. The predicted molar refractivity (Wildman–Crippen MR) is 123 cm³/mol. The van der Waals surface area contributed by atoms with Crippen molar-refractivity contribution in [3.63, 3.8) is 0 Å². The van der Waals surface area contributed by atoms with Gasteiger partial charge in [-0.15, -0.1) is 0 Å². The summed E-state index contributed by atoms with van der Waals surface area (Å²) in [6.07, 6.45) is 1.72. The molecule has 0 unspecified atom stereocenters. The molecule has 2 rings (SSSR count). The molecule has 0 heterocycles. The molecule has 0 aliphatic carbocycles. The van der Waals surface area contributed by atoms with E-state index >= 15 is 0 Å². The number of hydrogen-bond acceptors (Lipinski definition) is 3. The monoisotopic (exact) mass is 492 g/mol. The number of phenolic OH excluding ortho intramolecular Hbond substituents is 1. The van der Waals surface area contributed by atoms with Gasteiger partial charge in [-0.05, 0) is 34.6 Å². The van der Waals surface area contributed by atoms with Gasteiger partial charge in [0.1, 0.15) is 17.2 Å². The first-order chi connectivity index (χ1) is 13.3. The summed E-state index contributed by atoms with van der Waals surface area (Å²) in [5.74, 6) is 1.00. The molecule has 0 bridgehead atoms. The molecule has 0 aromatic heterocycles. The minimum atomic E-state index is -1.92. The van der Waals surface area contributed by atoms with E-state index in [1.165, 1.54) is 5.56 Å². The van der Waals surface area contributed by atoms with Crippen LogP contribution in [-0.2, 0) is 25.5 Å². The second-order valence-electron chi connectivity index (χ2n) is 8.61. The molecule has 0 aliphatic rings. The number of aromatic hydroxyl groups is 1. The van der Waals surface area contributed by atoms with Crippen molar-refractivity contribution in [3.05, 3.63) is 53.1 Å². The molecule has 0 amide bonds. The van der Waals surface area contributed by atoms with Crippen molar-refractivity contribution < 1.29 is 24.5 Å². The Labute approximate surface area is 192 Å². The molecular weight excluding hydrogens is 464 g/mol. The number of para-hydroxylation sites is 2. The fraction of sp³-hybridized carbons (Fsp3) is 0.409. The summed E-state index contributed by atoms with van der Waals surface area (Å²) >= 11 is -1.92. The molecule has 0 saturated heterocycles. The van der Waals surface area contributed by atoms with E-state index in [4.69, 9.17) is 32.7 Å².